The first-order valence-corrected chi connectivity index (χ1v) is 15.0. The van der Waals surface area contributed by atoms with E-state index in [2.05, 4.69) is 50.3 Å². The standard InChI is InChI=1S/C36H34N6O2/c1-22-33(39-23(2)34(22)36(44)40-28-15-26(18-37-20-28)24-9-5-3-6-10-24)17-31-30-16-25(13-14-32(30)41-35(31)43)27-19-38-42(21-27)29-11-7-4-8-12-29/h3-14,16-17,19,21,26,28,37,39H,15,18,20H2,1-2H3,(H,40,44)(H,41,43)/b31-17-. The highest BCUT2D eigenvalue weighted by Crippen LogP contribution is 2.37. The molecule has 1 fully saturated rings. The van der Waals surface area contributed by atoms with Crippen molar-refractivity contribution in [1.29, 1.82) is 0 Å². The van der Waals surface area contributed by atoms with E-state index in [0.29, 0.717) is 17.1 Å². The first-order valence-electron chi connectivity index (χ1n) is 15.0. The molecule has 44 heavy (non-hydrogen) atoms. The third-order valence-electron chi connectivity index (χ3n) is 8.69. The third kappa shape index (κ3) is 5.24. The second-order valence-corrected chi connectivity index (χ2v) is 11.6. The quantitative estimate of drug-likeness (QED) is 0.189. The number of carbonyl (C=O) groups is 2. The molecule has 0 bridgehead atoms. The van der Waals surface area contributed by atoms with Crippen LogP contribution in [0, 0.1) is 13.8 Å². The van der Waals surface area contributed by atoms with Crippen LogP contribution in [0.15, 0.2) is 91.3 Å². The molecular weight excluding hydrogens is 548 g/mol. The maximum atomic E-state index is 13.6. The average Bonchev–Trinajstić information content (AvgIpc) is 3.74. The molecule has 3 aromatic carbocycles. The summed E-state index contributed by atoms with van der Waals surface area (Å²) < 4.78 is 1.84. The number of carbonyl (C=O) groups excluding carboxylic acids is 2. The molecule has 8 heteroatoms. The van der Waals surface area contributed by atoms with Gasteiger partial charge in [0.15, 0.2) is 0 Å². The minimum Gasteiger partial charge on any atom is -0.358 e. The van der Waals surface area contributed by atoms with Gasteiger partial charge in [0.25, 0.3) is 11.8 Å². The van der Waals surface area contributed by atoms with Crippen LogP contribution in [-0.2, 0) is 4.79 Å². The maximum Gasteiger partial charge on any atom is 0.256 e. The van der Waals surface area contributed by atoms with E-state index in [1.54, 1.807) is 0 Å². The van der Waals surface area contributed by atoms with Gasteiger partial charge in [0.2, 0.25) is 0 Å². The molecule has 0 aliphatic carbocycles. The number of nitrogens with zero attached hydrogens (tertiary/aromatic N) is 2. The van der Waals surface area contributed by atoms with E-state index in [4.69, 9.17) is 0 Å². The number of aromatic amines is 1. The Morgan fingerprint density at radius 3 is 2.55 bits per heavy atom. The molecule has 5 aromatic rings. The van der Waals surface area contributed by atoms with Gasteiger partial charge in [-0.1, -0.05) is 54.6 Å². The Balaban J connectivity index is 1.13. The minimum absolute atomic E-state index is 0.0223. The average molecular weight is 583 g/mol. The summed E-state index contributed by atoms with van der Waals surface area (Å²) in [5, 5.41) is 14.3. The number of anilines is 1. The Bertz CT molecular complexity index is 1890. The van der Waals surface area contributed by atoms with Gasteiger partial charge in [-0.2, -0.15) is 5.10 Å². The highest BCUT2D eigenvalue weighted by atomic mass is 16.2. The van der Waals surface area contributed by atoms with E-state index in [1.165, 1.54) is 5.56 Å². The van der Waals surface area contributed by atoms with Crippen molar-refractivity contribution in [3.63, 3.8) is 0 Å². The highest BCUT2D eigenvalue weighted by molar-refractivity contribution is 6.35. The smallest absolute Gasteiger partial charge is 0.256 e. The number of aryl methyl sites for hydroxylation is 1. The van der Waals surface area contributed by atoms with Crippen molar-refractivity contribution >= 4 is 29.2 Å². The van der Waals surface area contributed by atoms with Crippen LogP contribution in [0.1, 0.15) is 50.8 Å². The number of para-hydroxylation sites is 1. The molecule has 0 spiro atoms. The van der Waals surface area contributed by atoms with E-state index >= 15 is 0 Å². The Morgan fingerprint density at radius 1 is 0.977 bits per heavy atom. The van der Waals surface area contributed by atoms with Gasteiger partial charge < -0.3 is 20.9 Å². The number of hydrogen-bond donors (Lipinski definition) is 4. The van der Waals surface area contributed by atoms with Crippen molar-refractivity contribution in [2.75, 3.05) is 18.4 Å². The zero-order valence-electron chi connectivity index (χ0n) is 24.7. The summed E-state index contributed by atoms with van der Waals surface area (Å²) in [6.07, 6.45) is 6.55. The molecule has 2 aliphatic heterocycles. The Hall–Kier alpha value is -5.21. The van der Waals surface area contributed by atoms with Gasteiger partial charge >= 0.3 is 0 Å². The molecule has 2 aliphatic rings. The zero-order valence-corrected chi connectivity index (χ0v) is 24.7. The van der Waals surface area contributed by atoms with Crippen LogP contribution in [0.25, 0.3) is 28.5 Å². The van der Waals surface area contributed by atoms with Crippen molar-refractivity contribution < 1.29 is 9.59 Å². The van der Waals surface area contributed by atoms with Crippen molar-refractivity contribution in [3.8, 4) is 16.8 Å². The normalized spacial score (nSPS) is 18.7. The van der Waals surface area contributed by atoms with Crippen LogP contribution in [-0.4, -0.2) is 45.7 Å². The summed E-state index contributed by atoms with van der Waals surface area (Å²) in [7, 11) is 0. The molecule has 0 saturated carbocycles. The van der Waals surface area contributed by atoms with Crippen LogP contribution < -0.4 is 16.0 Å². The molecule has 4 N–H and O–H groups in total. The Morgan fingerprint density at radius 2 is 1.75 bits per heavy atom. The fourth-order valence-electron chi connectivity index (χ4n) is 6.40. The number of hydrogen-bond acceptors (Lipinski definition) is 4. The maximum absolute atomic E-state index is 13.6. The minimum atomic E-state index is -0.171. The summed E-state index contributed by atoms with van der Waals surface area (Å²) in [5.74, 6) is 0.0768. The first kappa shape index (κ1) is 27.6. The lowest BCUT2D eigenvalue weighted by molar-refractivity contribution is -0.110. The van der Waals surface area contributed by atoms with Gasteiger partial charge in [-0.15, -0.1) is 0 Å². The van der Waals surface area contributed by atoms with Crippen LogP contribution in [0.2, 0.25) is 0 Å². The van der Waals surface area contributed by atoms with E-state index in [1.807, 2.05) is 91.6 Å². The highest BCUT2D eigenvalue weighted by Gasteiger charge is 2.28. The van der Waals surface area contributed by atoms with E-state index in [9.17, 15) is 9.59 Å². The molecule has 2 atom stereocenters. The van der Waals surface area contributed by atoms with Gasteiger partial charge in [0.1, 0.15) is 0 Å². The molecule has 7 rings (SSSR count). The Kier molecular flexibility index (Phi) is 7.20. The molecule has 8 nitrogen and oxygen atoms in total. The summed E-state index contributed by atoms with van der Waals surface area (Å²) in [4.78, 5) is 30.0. The second kappa shape index (κ2) is 11.5. The van der Waals surface area contributed by atoms with Crippen molar-refractivity contribution in [3.05, 3.63) is 125 Å². The van der Waals surface area contributed by atoms with E-state index < -0.39 is 0 Å². The van der Waals surface area contributed by atoms with Gasteiger partial charge in [-0.05, 0) is 73.2 Å². The number of aromatic nitrogens is 3. The molecule has 2 amide bonds. The van der Waals surface area contributed by atoms with Gasteiger partial charge in [-0.3, -0.25) is 9.59 Å². The van der Waals surface area contributed by atoms with Crippen LogP contribution in [0.4, 0.5) is 5.69 Å². The van der Waals surface area contributed by atoms with Crippen LogP contribution in [0.3, 0.4) is 0 Å². The molecule has 2 aromatic heterocycles. The summed E-state index contributed by atoms with van der Waals surface area (Å²) in [6, 6.07) is 26.3. The number of fused-ring (bicyclic) bond motifs is 1. The van der Waals surface area contributed by atoms with Crippen molar-refractivity contribution in [2.24, 2.45) is 0 Å². The van der Waals surface area contributed by atoms with Gasteiger partial charge in [0, 0.05) is 53.5 Å². The second-order valence-electron chi connectivity index (χ2n) is 11.6. The Labute approximate surface area is 256 Å². The van der Waals surface area contributed by atoms with E-state index in [-0.39, 0.29) is 17.9 Å². The molecular formula is C36H34N6O2. The molecule has 4 heterocycles. The lowest BCUT2D eigenvalue weighted by atomic mass is 9.89. The number of H-pyrrole nitrogens is 1. The number of piperidine rings is 1. The number of rotatable bonds is 6. The first-order chi connectivity index (χ1) is 21.4. The van der Waals surface area contributed by atoms with Gasteiger partial charge in [-0.25, -0.2) is 4.68 Å². The molecule has 2 unspecified atom stereocenters. The summed E-state index contributed by atoms with van der Waals surface area (Å²) >= 11 is 0. The molecule has 1 saturated heterocycles. The molecule has 220 valence electrons. The van der Waals surface area contributed by atoms with Crippen molar-refractivity contribution in [2.45, 2.75) is 32.2 Å². The SMILES string of the molecule is Cc1[nH]c(/C=C2\C(=O)Nc3ccc(-c4cnn(-c5ccccc5)c4)cc32)c(C)c1C(=O)NC1CNCC(c2ccccc2)C1. The van der Waals surface area contributed by atoms with Crippen molar-refractivity contribution in [1.82, 2.24) is 25.4 Å². The lowest BCUT2D eigenvalue weighted by Gasteiger charge is -2.31. The number of amides is 2. The summed E-state index contributed by atoms with van der Waals surface area (Å²) in [6.45, 7) is 5.47. The predicted octanol–water partition coefficient (Wildman–Crippen LogP) is 5.85. The van der Waals surface area contributed by atoms with Crippen LogP contribution in [0.5, 0.6) is 0 Å². The zero-order chi connectivity index (χ0) is 30.2. The third-order valence-corrected chi connectivity index (χ3v) is 8.69. The summed E-state index contributed by atoms with van der Waals surface area (Å²) in [5.41, 5.74) is 9.27. The molecule has 0 radical (unpaired) electrons. The fourth-order valence-corrected chi connectivity index (χ4v) is 6.40. The van der Waals surface area contributed by atoms with Gasteiger partial charge in [0.05, 0.1) is 23.0 Å². The van der Waals surface area contributed by atoms with E-state index in [0.717, 1.165) is 64.5 Å². The number of nitrogens with one attached hydrogen (secondary N) is 4. The van der Waals surface area contributed by atoms with Crippen LogP contribution >= 0.6 is 0 Å². The lowest BCUT2D eigenvalue weighted by Crippen LogP contribution is -2.48. The fraction of sp³-hybridized carbons (Fsp3) is 0.194. The largest absolute Gasteiger partial charge is 0.358 e. The number of benzene rings is 3. The monoisotopic (exact) mass is 582 g/mol. The topological polar surface area (TPSA) is 104 Å². The predicted molar refractivity (Wildman–Crippen MR) is 174 cm³/mol.